The Hall–Kier alpha value is -3.18. The van der Waals surface area contributed by atoms with E-state index in [0.717, 1.165) is 82.6 Å². The van der Waals surface area contributed by atoms with E-state index in [1.165, 1.54) is 55.7 Å². The van der Waals surface area contributed by atoms with E-state index in [0.29, 0.717) is 12.2 Å². The number of rotatable bonds is 17. The number of unbranched alkanes of at least 4 members (excludes halogenated alkanes) is 9. The Labute approximate surface area is 270 Å². The van der Waals surface area contributed by atoms with Gasteiger partial charge in [0.05, 0.1) is 12.2 Å². The highest BCUT2D eigenvalue weighted by molar-refractivity contribution is 7.80. The van der Waals surface area contributed by atoms with E-state index in [4.69, 9.17) is 9.47 Å². The summed E-state index contributed by atoms with van der Waals surface area (Å²) in [4.78, 5) is 13.6. The van der Waals surface area contributed by atoms with Crippen LogP contribution in [0.5, 0.6) is 11.5 Å². The number of fused-ring (bicyclic) bond motifs is 2. The number of carbonyl (C=O) groups excluding carboxylic acids is 1. The summed E-state index contributed by atoms with van der Waals surface area (Å²) in [6.45, 7) is 9.83. The first kappa shape index (κ1) is 33.7. The van der Waals surface area contributed by atoms with Gasteiger partial charge in [0.25, 0.3) is 0 Å². The van der Waals surface area contributed by atoms with Gasteiger partial charge in [0, 0.05) is 34.7 Å². The Balaban J connectivity index is 1.59. The highest BCUT2D eigenvalue weighted by Gasteiger charge is 2.25. The fourth-order valence-electron chi connectivity index (χ4n) is 5.98. The Morgan fingerprint density at radius 1 is 0.841 bits per heavy atom. The third kappa shape index (κ3) is 8.72. The summed E-state index contributed by atoms with van der Waals surface area (Å²) in [6.07, 6.45) is 15.2. The number of hydrogen-bond acceptors (Lipinski definition) is 5. The number of hydrogen-bond donors (Lipinski definition) is 2. The predicted octanol–water partition coefficient (Wildman–Crippen LogP) is 9.27. The van der Waals surface area contributed by atoms with Crippen molar-refractivity contribution in [1.82, 2.24) is 0 Å². The minimum absolute atomic E-state index is 0.266. The lowest BCUT2D eigenvalue weighted by Gasteiger charge is -2.24. The zero-order valence-electron chi connectivity index (χ0n) is 27.3. The molecule has 3 aromatic rings. The van der Waals surface area contributed by atoms with E-state index in [1.54, 1.807) is 0 Å². The van der Waals surface area contributed by atoms with Crippen molar-refractivity contribution >= 4 is 35.9 Å². The molecule has 4 rings (SSSR count). The molecule has 0 saturated carbocycles. The molecule has 1 aliphatic rings. The highest BCUT2D eigenvalue weighted by atomic mass is 32.1. The summed E-state index contributed by atoms with van der Waals surface area (Å²) < 4.78 is 12.5. The molecule has 1 heterocycles. The number of aryl methyl sites for hydroxylation is 2. The Morgan fingerprint density at radius 3 is 2.25 bits per heavy atom. The van der Waals surface area contributed by atoms with Gasteiger partial charge in [-0.2, -0.15) is 12.6 Å². The zero-order chi connectivity index (χ0) is 31.3. The number of ether oxygens (including phenoxy) is 2. The molecule has 0 spiro atoms. The SMILES string of the molecule is CCC/C=c1\cc2c(cc1C)=C(c1ccccc1C(=O)OCCCCCCCCCCCS)c1cc(C)c(NCC)cc1O2. The van der Waals surface area contributed by atoms with Gasteiger partial charge in [-0.3, -0.25) is 0 Å². The summed E-state index contributed by atoms with van der Waals surface area (Å²) in [7, 11) is 0. The summed E-state index contributed by atoms with van der Waals surface area (Å²) in [5.74, 6) is 2.34. The summed E-state index contributed by atoms with van der Waals surface area (Å²) >= 11 is 4.29. The third-order valence-corrected chi connectivity index (χ3v) is 8.74. The topological polar surface area (TPSA) is 47.6 Å². The van der Waals surface area contributed by atoms with Crippen LogP contribution in [0.3, 0.4) is 0 Å². The third-order valence-electron chi connectivity index (χ3n) is 8.43. The quantitative estimate of drug-likeness (QED) is 0.0708. The largest absolute Gasteiger partial charge is 0.462 e. The first-order chi connectivity index (χ1) is 21.5. The second kappa shape index (κ2) is 17.3. The molecule has 44 heavy (non-hydrogen) atoms. The Kier molecular flexibility index (Phi) is 13.3. The second-order valence-corrected chi connectivity index (χ2v) is 12.4. The first-order valence-corrected chi connectivity index (χ1v) is 17.4. The number of carbonyl (C=O) groups is 1. The van der Waals surface area contributed by atoms with Gasteiger partial charge in [-0.15, -0.1) is 0 Å². The van der Waals surface area contributed by atoms with E-state index in [-0.39, 0.29) is 5.97 Å². The average molecular weight is 614 g/mol. The smallest absolute Gasteiger partial charge is 0.338 e. The number of anilines is 1. The zero-order valence-corrected chi connectivity index (χ0v) is 28.2. The predicted molar refractivity (Wildman–Crippen MR) is 189 cm³/mol. The molecule has 5 heteroatoms. The molecule has 3 aromatic carbocycles. The van der Waals surface area contributed by atoms with Crippen molar-refractivity contribution in [3.8, 4) is 11.5 Å². The Morgan fingerprint density at radius 2 is 1.55 bits per heavy atom. The summed E-state index contributed by atoms with van der Waals surface area (Å²) in [5, 5.41) is 5.66. The average Bonchev–Trinajstić information content (AvgIpc) is 3.02. The molecule has 0 unspecified atom stereocenters. The Bertz CT molecular complexity index is 1530. The minimum Gasteiger partial charge on any atom is -0.462 e. The maximum Gasteiger partial charge on any atom is 0.338 e. The summed E-state index contributed by atoms with van der Waals surface area (Å²) in [6, 6.07) is 16.5. The van der Waals surface area contributed by atoms with Crippen LogP contribution in [0.15, 0.2) is 48.5 Å². The van der Waals surface area contributed by atoms with Crippen molar-refractivity contribution in [2.24, 2.45) is 0 Å². The second-order valence-electron chi connectivity index (χ2n) is 12.0. The van der Waals surface area contributed by atoms with Gasteiger partial charge in [0.1, 0.15) is 11.5 Å². The van der Waals surface area contributed by atoms with Crippen LogP contribution in [-0.4, -0.2) is 24.9 Å². The standard InChI is InChI=1S/C39H51NO3S/c1-5-7-19-30-26-36-33(24-28(30)3)38(34-25-29(4)35(40-6-2)27-37(34)43-36)31-20-15-16-21-32(31)39(41)42-22-17-13-11-9-8-10-12-14-18-23-44/h15-16,19-21,24-27,40,44H,5-14,17-18,22-23H2,1-4H3/b30-19+. The molecule has 0 aliphatic carbocycles. The number of esters is 1. The fraction of sp³-hybridized carbons (Fsp3) is 0.462. The van der Waals surface area contributed by atoms with Gasteiger partial charge in [-0.1, -0.05) is 82.6 Å². The molecule has 4 nitrogen and oxygen atoms in total. The van der Waals surface area contributed by atoms with Crippen LogP contribution in [0.4, 0.5) is 5.69 Å². The maximum atomic E-state index is 13.6. The highest BCUT2D eigenvalue weighted by Crippen LogP contribution is 2.40. The number of benzene rings is 3. The van der Waals surface area contributed by atoms with E-state index in [1.807, 2.05) is 24.3 Å². The molecular formula is C39H51NO3S. The number of thiol groups is 1. The maximum absolute atomic E-state index is 13.6. The van der Waals surface area contributed by atoms with Crippen molar-refractivity contribution in [3.05, 3.63) is 86.8 Å². The lowest BCUT2D eigenvalue weighted by molar-refractivity contribution is 0.0497. The van der Waals surface area contributed by atoms with E-state index >= 15 is 0 Å². The van der Waals surface area contributed by atoms with Crippen LogP contribution in [0, 0.1) is 13.8 Å². The fourth-order valence-corrected chi connectivity index (χ4v) is 6.20. The molecule has 0 bridgehead atoms. The lowest BCUT2D eigenvalue weighted by Crippen LogP contribution is -2.23. The molecule has 0 aromatic heterocycles. The molecule has 236 valence electrons. The van der Waals surface area contributed by atoms with Gasteiger partial charge in [0.2, 0.25) is 0 Å². The van der Waals surface area contributed by atoms with Gasteiger partial charge in [-0.25, -0.2) is 4.79 Å². The van der Waals surface area contributed by atoms with Gasteiger partial charge in [0.15, 0.2) is 0 Å². The van der Waals surface area contributed by atoms with Crippen LogP contribution in [0.2, 0.25) is 0 Å². The molecular weight excluding hydrogens is 563 g/mol. The van der Waals surface area contributed by atoms with E-state index < -0.39 is 0 Å². The van der Waals surface area contributed by atoms with Crippen LogP contribution >= 0.6 is 12.6 Å². The summed E-state index contributed by atoms with van der Waals surface area (Å²) in [5.41, 5.74) is 6.86. The van der Waals surface area contributed by atoms with Crippen molar-refractivity contribution in [1.29, 1.82) is 0 Å². The van der Waals surface area contributed by atoms with E-state index in [9.17, 15) is 4.79 Å². The molecule has 0 atom stereocenters. The van der Waals surface area contributed by atoms with Crippen molar-refractivity contribution in [2.75, 3.05) is 24.2 Å². The molecule has 0 saturated heterocycles. The van der Waals surface area contributed by atoms with Crippen molar-refractivity contribution in [2.45, 2.75) is 98.3 Å². The van der Waals surface area contributed by atoms with Crippen molar-refractivity contribution in [3.63, 3.8) is 0 Å². The first-order valence-electron chi connectivity index (χ1n) is 16.8. The number of nitrogens with one attached hydrogen (secondary N) is 1. The normalized spacial score (nSPS) is 12.5. The molecule has 1 aliphatic heterocycles. The van der Waals surface area contributed by atoms with Crippen LogP contribution in [0.25, 0.3) is 11.6 Å². The minimum atomic E-state index is -0.266. The molecule has 0 fully saturated rings. The van der Waals surface area contributed by atoms with Gasteiger partial charge < -0.3 is 14.8 Å². The lowest BCUT2D eigenvalue weighted by atomic mass is 9.88. The van der Waals surface area contributed by atoms with Gasteiger partial charge in [-0.05, 0) is 92.0 Å². The van der Waals surface area contributed by atoms with Crippen LogP contribution in [-0.2, 0) is 4.74 Å². The van der Waals surface area contributed by atoms with Crippen molar-refractivity contribution < 1.29 is 14.3 Å². The monoisotopic (exact) mass is 613 g/mol. The van der Waals surface area contributed by atoms with Crippen LogP contribution in [0.1, 0.15) is 117 Å². The molecule has 1 N–H and O–H groups in total. The van der Waals surface area contributed by atoms with E-state index in [2.05, 4.69) is 76.0 Å². The molecule has 0 radical (unpaired) electrons. The molecule has 0 amide bonds. The van der Waals surface area contributed by atoms with Gasteiger partial charge >= 0.3 is 5.97 Å². The van der Waals surface area contributed by atoms with Crippen LogP contribution < -0.4 is 20.5 Å².